The number of nitro groups is 1. The van der Waals surface area contributed by atoms with E-state index in [-0.39, 0.29) is 21.9 Å². The lowest BCUT2D eigenvalue weighted by molar-refractivity contribution is -0.384. The number of benzene rings is 1. The number of nitrogens with zero attached hydrogens (tertiary/aromatic N) is 4. The molecule has 0 unspecified atom stereocenters. The average Bonchev–Trinajstić information content (AvgIpc) is 3.32. The predicted octanol–water partition coefficient (Wildman–Crippen LogP) is 2.60. The number of rotatable bonds is 5. The molecule has 0 bridgehead atoms. The molecule has 0 atom stereocenters. The van der Waals surface area contributed by atoms with Crippen LogP contribution in [0.25, 0.3) is 11.0 Å². The minimum absolute atomic E-state index is 0.122. The van der Waals surface area contributed by atoms with Crippen molar-refractivity contribution in [2.45, 2.75) is 17.7 Å². The number of hydrogen-bond acceptors (Lipinski definition) is 7. The molecule has 0 saturated carbocycles. The van der Waals surface area contributed by atoms with Gasteiger partial charge in [-0.1, -0.05) is 18.2 Å². The predicted molar refractivity (Wildman–Crippen MR) is 99.8 cm³/mol. The molecule has 0 aliphatic carbocycles. The van der Waals surface area contributed by atoms with Gasteiger partial charge < -0.3 is 5.43 Å². The second-order valence-electron chi connectivity index (χ2n) is 6.25. The third-order valence-corrected chi connectivity index (χ3v) is 6.21. The Morgan fingerprint density at radius 3 is 2.48 bits per heavy atom. The molecule has 10 heteroatoms. The molecule has 27 heavy (non-hydrogen) atoms. The van der Waals surface area contributed by atoms with Gasteiger partial charge in [0.25, 0.3) is 10.0 Å². The van der Waals surface area contributed by atoms with Gasteiger partial charge >= 0.3 is 5.69 Å². The van der Waals surface area contributed by atoms with Crippen molar-refractivity contribution in [3.8, 4) is 0 Å². The highest BCUT2D eigenvalue weighted by Gasteiger charge is 2.26. The smallest absolute Gasteiger partial charge is 0.312 e. The molecule has 0 spiro atoms. The summed E-state index contributed by atoms with van der Waals surface area (Å²) in [6.45, 7) is 1.54. The van der Waals surface area contributed by atoms with Gasteiger partial charge in [0, 0.05) is 19.3 Å². The molecule has 1 saturated heterocycles. The maximum Gasteiger partial charge on any atom is 0.312 e. The fourth-order valence-corrected chi connectivity index (χ4v) is 4.52. The zero-order chi connectivity index (χ0) is 19.0. The molecule has 4 rings (SSSR count). The molecule has 0 amide bonds. The quantitative estimate of drug-likeness (QED) is 0.529. The van der Waals surface area contributed by atoms with Gasteiger partial charge in [-0.3, -0.25) is 10.1 Å². The van der Waals surface area contributed by atoms with Crippen molar-refractivity contribution in [2.24, 2.45) is 0 Å². The van der Waals surface area contributed by atoms with Gasteiger partial charge in [0.15, 0.2) is 5.65 Å². The highest BCUT2D eigenvalue weighted by molar-refractivity contribution is 7.90. The number of nitrogens with one attached hydrogen (secondary N) is 1. The van der Waals surface area contributed by atoms with E-state index >= 15 is 0 Å². The summed E-state index contributed by atoms with van der Waals surface area (Å²) in [6, 6.07) is 9.53. The first-order chi connectivity index (χ1) is 13.0. The Hall–Kier alpha value is -2.98. The van der Waals surface area contributed by atoms with Crippen molar-refractivity contribution in [3.05, 3.63) is 58.9 Å². The molecule has 3 heterocycles. The zero-order valence-electron chi connectivity index (χ0n) is 14.3. The third kappa shape index (κ3) is 3.02. The number of anilines is 1. The van der Waals surface area contributed by atoms with Gasteiger partial charge in [0.2, 0.25) is 0 Å². The monoisotopic (exact) mass is 387 g/mol. The standard InChI is InChI=1S/C17H17N5O4S/c23-22(24)15-12-18-17-14(16(15)19-20-9-4-5-10-20)8-11-21(17)27(25,26)13-6-2-1-3-7-13/h1-3,6-8,11-12H,4-5,9-10H2,(H,18,19). The molecule has 1 fully saturated rings. The molecule has 1 aromatic carbocycles. The van der Waals surface area contributed by atoms with Crippen LogP contribution in [0.3, 0.4) is 0 Å². The molecular formula is C17H17N5O4S. The number of hydrogen-bond donors (Lipinski definition) is 1. The van der Waals surface area contributed by atoms with E-state index in [0.717, 1.165) is 36.1 Å². The largest absolute Gasteiger partial charge is 0.312 e. The van der Waals surface area contributed by atoms with Crippen LogP contribution in [0.1, 0.15) is 12.8 Å². The van der Waals surface area contributed by atoms with E-state index in [9.17, 15) is 18.5 Å². The van der Waals surface area contributed by atoms with Gasteiger partial charge in [0.1, 0.15) is 11.9 Å². The van der Waals surface area contributed by atoms with Gasteiger partial charge in [-0.05, 0) is 31.0 Å². The Kier molecular flexibility index (Phi) is 4.28. The van der Waals surface area contributed by atoms with Crippen LogP contribution in [0, 0.1) is 10.1 Å². The Morgan fingerprint density at radius 2 is 1.81 bits per heavy atom. The fourth-order valence-electron chi connectivity index (χ4n) is 3.20. The van der Waals surface area contributed by atoms with Crippen LogP contribution < -0.4 is 5.43 Å². The molecule has 1 N–H and O–H groups in total. The van der Waals surface area contributed by atoms with Crippen molar-refractivity contribution < 1.29 is 13.3 Å². The highest BCUT2D eigenvalue weighted by Crippen LogP contribution is 2.34. The van der Waals surface area contributed by atoms with Crippen LogP contribution in [0.5, 0.6) is 0 Å². The minimum Gasteiger partial charge on any atom is -0.312 e. The van der Waals surface area contributed by atoms with E-state index in [1.807, 2.05) is 5.01 Å². The normalized spacial score (nSPS) is 15.3. The summed E-state index contributed by atoms with van der Waals surface area (Å²) in [4.78, 5) is 15.1. The van der Waals surface area contributed by atoms with Gasteiger partial charge in [-0.25, -0.2) is 22.4 Å². The maximum absolute atomic E-state index is 12.9. The first kappa shape index (κ1) is 17.4. The summed E-state index contributed by atoms with van der Waals surface area (Å²) in [5, 5.41) is 13.7. The van der Waals surface area contributed by atoms with Gasteiger partial charge in [-0.2, -0.15) is 0 Å². The van der Waals surface area contributed by atoms with Crippen LogP contribution >= 0.6 is 0 Å². The summed E-state index contributed by atoms with van der Waals surface area (Å²) < 4.78 is 26.9. The Balaban J connectivity index is 1.87. The van der Waals surface area contributed by atoms with E-state index in [2.05, 4.69) is 10.4 Å². The van der Waals surface area contributed by atoms with Crippen LogP contribution in [0.4, 0.5) is 11.4 Å². The van der Waals surface area contributed by atoms with E-state index in [0.29, 0.717) is 5.39 Å². The van der Waals surface area contributed by atoms with E-state index in [1.54, 1.807) is 18.2 Å². The molecule has 9 nitrogen and oxygen atoms in total. The van der Waals surface area contributed by atoms with E-state index < -0.39 is 14.9 Å². The second-order valence-corrected chi connectivity index (χ2v) is 8.06. The molecular weight excluding hydrogens is 370 g/mol. The summed E-state index contributed by atoms with van der Waals surface area (Å²) in [6.07, 6.45) is 4.47. The SMILES string of the molecule is O=[N+]([O-])c1cnc2c(ccn2S(=O)(=O)c2ccccc2)c1NN1CCCC1. The van der Waals surface area contributed by atoms with Crippen LogP contribution in [0.15, 0.2) is 53.7 Å². The van der Waals surface area contributed by atoms with Crippen molar-refractivity contribution in [3.63, 3.8) is 0 Å². The summed E-state index contributed by atoms with van der Waals surface area (Å²) >= 11 is 0. The molecule has 2 aromatic heterocycles. The minimum atomic E-state index is -3.86. The maximum atomic E-state index is 12.9. The van der Waals surface area contributed by atoms with Crippen LogP contribution in [-0.2, 0) is 10.0 Å². The van der Waals surface area contributed by atoms with Gasteiger partial charge in [0.05, 0.1) is 15.2 Å². The first-order valence-electron chi connectivity index (χ1n) is 8.45. The Labute approximate surface area is 155 Å². The molecule has 140 valence electrons. The molecule has 1 aliphatic rings. The van der Waals surface area contributed by atoms with Crippen molar-refractivity contribution in [2.75, 3.05) is 18.5 Å². The second kappa shape index (κ2) is 6.63. The number of hydrazine groups is 1. The summed E-state index contributed by atoms with van der Waals surface area (Å²) in [7, 11) is -3.86. The average molecular weight is 387 g/mol. The lowest BCUT2D eigenvalue weighted by Gasteiger charge is -2.18. The first-order valence-corrected chi connectivity index (χ1v) is 9.89. The highest BCUT2D eigenvalue weighted by atomic mass is 32.2. The molecule has 0 radical (unpaired) electrons. The van der Waals surface area contributed by atoms with Gasteiger partial charge in [-0.15, -0.1) is 0 Å². The Bertz CT molecular complexity index is 1110. The number of aromatic nitrogens is 2. The fraction of sp³-hybridized carbons (Fsp3) is 0.235. The summed E-state index contributed by atoms with van der Waals surface area (Å²) in [5.41, 5.74) is 3.29. The summed E-state index contributed by atoms with van der Waals surface area (Å²) in [5.74, 6) is 0. The molecule has 3 aromatic rings. The van der Waals surface area contributed by atoms with Crippen LogP contribution in [-0.4, -0.2) is 40.4 Å². The lowest BCUT2D eigenvalue weighted by Crippen LogP contribution is -2.26. The number of pyridine rings is 1. The number of fused-ring (bicyclic) bond motifs is 1. The van der Waals surface area contributed by atoms with Crippen molar-refractivity contribution >= 4 is 32.4 Å². The van der Waals surface area contributed by atoms with Crippen molar-refractivity contribution in [1.29, 1.82) is 0 Å². The lowest BCUT2D eigenvalue weighted by atomic mass is 10.2. The van der Waals surface area contributed by atoms with Crippen LogP contribution in [0.2, 0.25) is 0 Å². The Morgan fingerprint density at radius 1 is 1.11 bits per heavy atom. The topological polar surface area (TPSA) is 110 Å². The van der Waals surface area contributed by atoms with E-state index in [4.69, 9.17) is 0 Å². The third-order valence-electron chi connectivity index (χ3n) is 4.53. The van der Waals surface area contributed by atoms with E-state index in [1.165, 1.54) is 24.4 Å². The zero-order valence-corrected chi connectivity index (χ0v) is 15.1. The molecule has 1 aliphatic heterocycles. The van der Waals surface area contributed by atoms with Crippen molar-refractivity contribution in [1.82, 2.24) is 14.0 Å².